The summed E-state index contributed by atoms with van der Waals surface area (Å²) in [5.74, 6) is -0.00945. The third kappa shape index (κ3) is 3.44. The highest BCUT2D eigenvalue weighted by Crippen LogP contribution is 2.15. The lowest BCUT2D eigenvalue weighted by Crippen LogP contribution is -2.43. The van der Waals surface area contributed by atoms with Crippen molar-refractivity contribution < 1.29 is 9.53 Å². The molecular weight excluding hydrogens is 242 g/mol. The first kappa shape index (κ1) is 13.8. The summed E-state index contributed by atoms with van der Waals surface area (Å²) in [6.07, 6.45) is 3.86. The maximum atomic E-state index is 12.3. The second-order valence-corrected chi connectivity index (χ2v) is 4.71. The van der Waals surface area contributed by atoms with Crippen LogP contribution in [0, 0.1) is 0 Å². The molecule has 19 heavy (non-hydrogen) atoms. The SMILES string of the molecule is CCNc1ccc(C(=O)N2CCCC(OC)C2)nc1. The van der Waals surface area contributed by atoms with E-state index in [-0.39, 0.29) is 12.0 Å². The van der Waals surface area contributed by atoms with Gasteiger partial charge in [-0.2, -0.15) is 0 Å². The third-order valence-electron chi connectivity index (χ3n) is 3.36. The summed E-state index contributed by atoms with van der Waals surface area (Å²) in [5.41, 5.74) is 1.44. The van der Waals surface area contributed by atoms with Crippen molar-refractivity contribution in [2.75, 3.05) is 32.1 Å². The minimum atomic E-state index is -0.00945. The Labute approximate surface area is 114 Å². The van der Waals surface area contributed by atoms with Crippen LogP contribution in [0.15, 0.2) is 18.3 Å². The number of rotatable bonds is 4. The number of likely N-dealkylation sites (tertiary alicyclic amines) is 1. The third-order valence-corrected chi connectivity index (χ3v) is 3.36. The molecular formula is C14H21N3O2. The van der Waals surface area contributed by atoms with E-state index < -0.39 is 0 Å². The van der Waals surface area contributed by atoms with Crippen molar-refractivity contribution in [2.24, 2.45) is 0 Å². The summed E-state index contributed by atoms with van der Waals surface area (Å²) in [6.45, 7) is 4.32. The molecule has 1 unspecified atom stereocenters. The first-order chi connectivity index (χ1) is 9.24. The number of anilines is 1. The molecule has 1 fully saturated rings. The van der Waals surface area contributed by atoms with E-state index in [4.69, 9.17) is 4.74 Å². The molecule has 0 aromatic carbocycles. The average Bonchev–Trinajstić information content (AvgIpc) is 2.48. The normalized spacial score (nSPS) is 19.3. The average molecular weight is 263 g/mol. The predicted octanol–water partition coefficient (Wildman–Crippen LogP) is 1.76. The van der Waals surface area contributed by atoms with Crippen molar-refractivity contribution in [3.05, 3.63) is 24.0 Å². The van der Waals surface area contributed by atoms with Crippen LogP contribution in [0.25, 0.3) is 0 Å². The topological polar surface area (TPSA) is 54.5 Å². The lowest BCUT2D eigenvalue weighted by atomic mass is 10.1. The standard InChI is InChI=1S/C14H21N3O2/c1-3-15-11-6-7-13(16-9-11)14(18)17-8-4-5-12(10-17)19-2/h6-7,9,12,15H,3-5,8,10H2,1-2H3. The van der Waals surface area contributed by atoms with Crippen LogP contribution < -0.4 is 5.32 Å². The van der Waals surface area contributed by atoms with Crippen LogP contribution in [0.1, 0.15) is 30.3 Å². The molecule has 0 radical (unpaired) electrons. The number of piperidine rings is 1. The van der Waals surface area contributed by atoms with Crippen molar-refractivity contribution in [2.45, 2.75) is 25.9 Å². The first-order valence-electron chi connectivity index (χ1n) is 6.76. The Hall–Kier alpha value is -1.62. The van der Waals surface area contributed by atoms with E-state index >= 15 is 0 Å². The van der Waals surface area contributed by atoms with Crippen LogP contribution >= 0.6 is 0 Å². The van der Waals surface area contributed by atoms with Crippen molar-refractivity contribution >= 4 is 11.6 Å². The number of nitrogens with zero attached hydrogens (tertiary/aromatic N) is 2. The van der Waals surface area contributed by atoms with Gasteiger partial charge >= 0.3 is 0 Å². The zero-order valence-corrected chi connectivity index (χ0v) is 11.6. The summed E-state index contributed by atoms with van der Waals surface area (Å²) < 4.78 is 5.33. The fourth-order valence-electron chi connectivity index (χ4n) is 2.31. The van der Waals surface area contributed by atoms with Gasteiger partial charge in [-0.05, 0) is 31.9 Å². The van der Waals surface area contributed by atoms with Gasteiger partial charge in [0.15, 0.2) is 0 Å². The summed E-state index contributed by atoms with van der Waals surface area (Å²) in [6, 6.07) is 3.66. The molecule has 5 heteroatoms. The minimum absolute atomic E-state index is 0.00945. The molecule has 0 spiro atoms. The van der Waals surface area contributed by atoms with Gasteiger partial charge in [0.1, 0.15) is 5.69 Å². The fourth-order valence-corrected chi connectivity index (χ4v) is 2.31. The van der Waals surface area contributed by atoms with Crippen LogP contribution in [0.5, 0.6) is 0 Å². The zero-order valence-electron chi connectivity index (χ0n) is 11.6. The maximum absolute atomic E-state index is 12.3. The number of nitrogens with one attached hydrogen (secondary N) is 1. The molecule has 1 aliphatic heterocycles. The molecule has 0 saturated carbocycles. The molecule has 1 atom stereocenters. The number of methoxy groups -OCH3 is 1. The molecule has 1 saturated heterocycles. The Bertz CT molecular complexity index is 419. The molecule has 1 aromatic heterocycles. The van der Waals surface area contributed by atoms with Crippen molar-refractivity contribution in [3.63, 3.8) is 0 Å². The quantitative estimate of drug-likeness (QED) is 0.899. The predicted molar refractivity (Wildman–Crippen MR) is 74.3 cm³/mol. The lowest BCUT2D eigenvalue weighted by Gasteiger charge is -2.31. The zero-order chi connectivity index (χ0) is 13.7. The molecule has 104 valence electrons. The monoisotopic (exact) mass is 263 g/mol. The highest BCUT2D eigenvalue weighted by Gasteiger charge is 2.24. The van der Waals surface area contributed by atoms with Crippen LogP contribution in [-0.2, 0) is 4.74 Å². The van der Waals surface area contributed by atoms with Gasteiger partial charge in [-0.3, -0.25) is 4.79 Å². The molecule has 0 aliphatic carbocycles. The maximum Gasteiger partial charge on any atom is 0.272 e. The number of hydrogen-bond acceptors (Lipinski definition) is 4. The second kappa shape index (κ2) is 6.52. The van der Waals surface area contributed by atoms with Gasteiger partial charge in [0.05, 0.1) is 18.0 Å². The Balaban J connectivity index is 2.02. The van der Waals surface area contributed by atoms with Crippen LogP contribution in [0.3, 0.4) is 0 Å². The Kier molecular flexibility index (Phi) is 4.74. The van der Waals surface area contributed by atoms with E-state index in [1.807, 2.05) is 17.9 Å². The highest BCUT2D eigenvalue weighted by atomic mass is 16.5. The highest BCUT2D eigenvalue weighted by molar-refractivity contribution is 5.92. The molecule has 2 heterocycles. The summed E-state index contributed by atoms with van der Waals surface area (Å²) in [4.78, 5) is 18.4. The van der Waals surface area contributed by atoms with E-state index in [2.05, 4.69) is 10.3 Å². The van der Waals surface area contributed by atoms with Gasteiger partial charge in [-0.1, -0.05) is 0 Å². The van der Waals surface area contributed by atoms with E-state index in [0.29, 0.717) is 12.2 Å². The first-order valence-corrected chi connectivity index (χ1v) is 6.76. The molecule has 1 aliphatic rings. The number of carbonyl (C=O) groups is 1. The van der Waals surface area contributed by atoms with E-state index in [0.717, 1.165) is 31.6 Å². The number of carbonyl (C=O) groups excluding carboxylic acids is 1. The van der Waals surface area contributed by atoms with Crippen molar-refractivity contribution in [1.82, 2.24) is 9.88 Å². The van der Waals surface area contributed by atoms with Gasteiger partial charge in [0.25, 0.3) is 5.91 Å². The minimum Gasteiger partial charge on any atom is -0.384 e. The summed E-state index contributed by atoms with van der Waals surface area (Å²) in [7, 11) is 1.70. The fraction of sp³-hybridized carbons (Fsp3) is 0.571. The Morgan fingerprint density at radius 3 is 3.05 bits per heavy atom. The van der Waals surface area contributed by atoms with Crippen LogP contribution in [0.2, 0.25) is 0 Å². The molecule has 1 amide bonds. The summed E-state index contributed by atoms with van der Waals surface area (Å²) in [5, 5.41) is 3.16. The molecule has 0 bridgehead atoms. The Morgan fingerprint density at radius 1 is 1.58 bits per heavy atom. The number of ether oxygens (including phenoxy) is 1. The molecule has 5 nitrogen and oxygen atoms in total. The molecule has 1 aromatic rings. The van der Waals surface area contributed by atoms with Gasteiger partial charge < -0.3 is 15.0 Å². The molecule has 1 N–H and O–H groups in total. The number of hydrogen-bond donors (Lipinski definition) is 1. The number of aromatic nitrogens is 1. The second-order valence-electron chi connectivity index (χ2n) is 4.71. The van der Waals surface area contributed by atoms with E-state index in [9.17, 15) is 4.79 Å². The van der Waals surface area contributed by atoms with Gasteiger partial charge in [0.2, 0.25) is 0 Å². The Morgan fingerprint density at radius 2 is 2.42 bits per heavy atom. The van der Waals surface area contributed by atoms with Crippen LogP contribution in [0.4, 0.5) is 5.69 Å². The van der Waals surface area contributed by atoms with Gasteiger partial charge in [0, 0.05) is 26.7 Å². The van der Waals surface area contributed by atoms with Crippen LogP contribution in [-0.4, -0.2) is 48.6 Å². The van der Waals surface area contributed by atoms with Crippen molar-refractivity contribution in [3.8, 4) is 0 Å². The van der Waals surface area contributed by atoms with Gasteiger partial charge in [-0.25, -0.2) is 4.98 Å². The summed E-state index contributed by atoms with van der Waals surface area (Å²) >= 11 is 0. The van der Waals surface area contributed by atoms with Gasteiger partial charge in [-0.15, -0.1) is 0 Å². The number of amides is 1. The van der Waals surface area contributed by atoms with Crippen molar-refractivity contribution in [1.29, 1.82) is 0 Å². The van der Waals surface area contributed by atoms with E-state index in [1.54, 1.807) is 19.4 Å². The lowest BCUT2D eigenvalue weighted by molar-refractivity contribution is 0.0266. The largest absolute Gasteiger partial charge is 0.384 e. The number of pyridine rings is 1. The van der Waals surface area contributed by atoms with E-state index in [1.165, 1.54) is 0 Å². The smallest absolute Gasteiger partial charge is 0.272 e. The molecule has 2 rings (SSSR count).